The summed E-state index contributed by atoms with van der Waals surface area (Å²) in [6, 6.07) is 26.6. The van der Waals surface area contributed by atoms with Crippen LogP contribution in [0.4, 0.5) is 0 Å². The number of benzene rings is 2. The Kier molecular flexibility index (Phi) is 5.92. The average molecular weight is 473 g/mol. The van der Waals surface area contributed by atoms with Crippen LogP contribution in [-0.2, 0) is 6.54 Å². The maximum atomic E-state index is 6.58. The van der Waals surface area contributed by atoms with Gasteiger partial charge in [0.1, 0.15) is 0 Å². The minimum Gasteiger partial charge on any atom is -0.352 e. The van der Waals surface area contributed by atoms with Gasteiger partial charge in [-0.05, 0) is 67.5 Å². The maximum absolute atomic E-state index is 6.58. The van der Waals surface area contributed by atoms with Crippen molar-refractivity contribution in [3.05, 3.63) is 118 Å². The molecule has 1 N–H and O–H groups in total. The molecule has 0 unspecified atom stereocenters. The zero-order valence-corrected chi connectivity index (χ0v) is 20.1. The molecule has 2 aromatic carbocycles. The summed E-state index contributed by atoms with van der Waals surface area (Å²) in [6.45, 7) is 5.00. The number of nitrogens with zero attached hydrogens (tertiary/aromatic N) is 3. The van der Waals surface area contributed by atoms with Gasteiger partial charge in [-0.2, -0.15) is 0 Å². The van der Waals surface area contributed by atoms with Crippen LogP contribution in [0.1, 0.15) is 40.3 Å². The highest BCUT2D eigenvalue weighted by Gasteiger charge is 2.41. The topological polar surface area (TPSA) is 33.1 Å². The Morgan fingerprint density at radius 2 is 1.70 bits per heavy atom. The summed E-state index contributed by atoms with van der Waals surface area (Å²) in [5, 5.41) is 5.02. The second kappa shape index (κ2) is 9.00. The lowest BCUT2D eigenvalue weighted by Crippen LogP contribution is -2.29. The molecule has 0 amide bonds. The molecule has 33 heavy (non-hydrogen) atoms. The zero-order chi connectivity index (χ0) is 22.9. The van der Waals surface area contributed by atoms with E-state index in [0.717, 1.165) is 39.4 Å². The number of aryl methyl sites for hydroxylation is 1. The van der Waals surface area contributed by atoms with Crippen molar-refractivity contribution in [2.45, 2.75) is 32.5 Å². The third kappa shape index (κ3) is 4.03. The van der Waals surface area contributed by atoms with Gasteiger partial charge < -0.3 is 14.8 Å². The van der Waals surface area contributed by atoms with Gasteiger partial charge >= 0.3 is 0 Å². The van der Waals surface area contributed by atoms with E-state index in [9.17, 15) is 0 Å². The summed E-state index contributed by atoms with van der Waals surface area (Å²) in [7, 11) is 0. The molecule has 2 atom stereocenters. The fraction of sp³-hybridized carbons (Fsp3) is 0.185. The van der Waals surface area contributed by atoms with Crippen LogP contribution < -0.4 is 5.32 Å². The molecule has 0 spiro atoms. The van der Waals surface area contributed by atoms with Gasteiger partial charge in [-0.25, -0.2) is 0 Å². The monoisotopic (exact) mass is 472 g/mol. The van der Waals surface area contributed by atoms with Crippen LogP contribution in [0.15, 0.2) is 85.1 Å². The van der Waals surface area contributed by atoms with Gasteiger partial charge in [-0.15, -0.1) is 0 Å². The lowest BCUT2D eigenvalue weighted by atomic mass is 9.96. The van der Waals surface area contributed by atoms with Gasteiger partial charge in [0.2, 0.25) is 0 Å². The standard InChI is InChI=1S/C27H25ClN4S/c1-18-16-21(19(2)32(18)24-14-7-6-12-22(24)28)26-25(23-13-8-9-15-29-23)30-27(33)31(26)17-20-10-4-3-5-11-20/h3-16,25-26H,17H2,1-2H3,(H,30,33)/t25-,26-/m0/s1. The van der Waals surface area contributed by atoms with Crippen LogP contribution in [0.5, 0.6) is 0 Å². The highest BCUT2D eigenvalue weighted by Crippen LogP contribution is 2.42. The molecule has 5 rings (SSSR count). The van der Waals surface area contributed by atoms with Crippen molar-refractivity contribution >= 4 is 28.9 Å². The highest BCUT2D eigenvalue weighted by molar-refractivity contribution is 7.80. The molecule has 0 saturated carbocycles. The van der Waals surface area contributed by atoms with Crippen molar-refractivity contribution in [3.63, 3.8) is 0 Å². The first-order chi connectivity index (χ1) is 16.0. The molecular weight excluding hydrogens is 448 g/mol. The number of para-hydroxylation sites is 1. The van der Waals surface area contributed by atoms with E-state index in [-0.39, 0.29) is 12.1 Å². The van der Waals surface area contributed by atoms with Crippen molar-refractivity contribution in [2.75, 3.05) is 0 Å². The van der Waals surface area contributed by atoms with Gasteiger partial charge in [0.25, 0.3) is 0 Å². The number of pyridine rings is 1. The molecule has 2 aromatic heterocycles. The number of nitrogens with one attached hydrogen (secondary N) is 1. The van der Waals surface area contributed by atoms with Gasteiger partial charge in [-0.3, -0.25) is 4.98 Å². The molecule has 4 aromatic rings. The van der Waals surface area contributed by atoms with Crippen LogP contribution in [0.25, 0.3) is 5.69 Å². The largest absolute Gasteiger partial charge is 0.352 e. The molecule has 1 aliphatic heterocycles. The normalized spacial score (nSPS) is 17.9. The average Bonchev–Trinajstić information content (AvgIpc) is 3.30. The zero-order valence-electron chi connectivity index (χ0n) is 18.6. The first kappa shape index (κ1) is 21.7. The molecule has 1 fully saturated rings. The SMILES string of the molecule is Cc1cc([C@H]2[C@H](c3ccccn3)NC(=S)N2Cc2ccccc2)c(C)n1-c1ccccc1Cl. The Labute approximate surface area is 204 Å². The summed E-state index contributed by atoms with van der Waals surface area (Å²) < 4.78 is 2.23. The smallest absolute Gasteiger partial charge is 0.170 e. The van der Waals surface area contributed by atoms with E-state index in [0.29, 0.717) is 0 Å². The van der Waals surface area contributed by atoms with E-state index in [4.69, 9.17) is 23.8 Å². The van der Waals surface area contributed by atoms with E-state index in [1.54, 1.807) is 0 Å². The third-order valence-electron chi connectivity index (χ3n) is 6.28. The van der Waals surface area contributed by atoms with Crippen molar-refractivity contribution < 1.29 is 0 Å². The first-order valence-corrected chi connectivity index (χ1v) is 11.8. The molecule has 0 radical (unpaired) electrons. The molecule has 1 aliphatic rings. The molecule has 3 heterocycles. The number of aromatic nitrogens is 2. The maximum Gasteiger partial charge on any atom is 0.170 e. The predicted molar refractivity (Wildman–Crippen MR) is 138 cm³/mol. The van der Waals surface area contributed by atoms with Gasteiger partial charge in [-0.1, -0.05) is 60.1 Å². The molecule has 4 nitrogen and oxygen atoms in total. The van der Waals surface area contributed by atoms with E-state index in [1.165, 1.54) is 11.1 Å². The number of halogens is 1. The molecule has 0 aliphatic carbocycles. The molecule has 166 valence electrons. The molecule has 1 saturated heterocycles. The molecule has 0 bridgehead atoms. The van der Waals surface area contributed by atoms with Crippen LogP contribution in [0.3, 0.4) is 0 Å². The van der Waals surface area contributed by atoms with E-state index in [1.807, 2.05) is 42.6 Å². The summed E-state index contributed by atoms with van der Waals surface area (Å²) >= 11 is 12.4. The van der Waals surface area contributed by atoms with Crippen molar-refractivity contribution in [2.24, 2.45) is 0 Å². The second-order valence-electron chi connectivity index (χ2n) is 8.35. The number of hydrogen-bond donors (Lipinski definition) is 1. The van der Waals surface area contributed by atoms with Gasteiger partial charge in [0, 0.05) is 24.1 Å². The summed E-state index contributed by atoms with van der Waals surface area (Å²) in [5.74, 6) is 0. The minimum absolute atomic E-state index is 0.00459. The highest BCUT2D eigenvalue weighted by atomic mass is 35.5. The Morgan fingerprint density at radius 3 is 2.42 bits per heavy atom. The minimum atomic E-state index is -0.0531. The lowest BCUT2D eigenvalue weighted by Gasteiger charge is -2.28. The number of hydrogen-bond acceptors (Lipinski definition) is 2. The fourth-order valence-electron chi connectivity index (χ4n) is 4.79. The number of rotatable bonds is 5. The Bertz CT molecular complexity index is 1290. The Balaban J connectivity index is 1.63. The molecule has 6 heteroatoms. The Morgan fingerprint density at radius 1 is 0.970 bits per heavy atom. The van der Waals surface area contributed by atoms with Gasteiger partial charge in [0.05, 0.1) is 28.5 Å². The van der Waals surface area contributed by atoms with Crippen molar-refractivity contribution in [3.8, 4) is 5.69 Å². The van der Waals surface area contributed by atoms with Gasteiger partial charge in [0.15, 0.2) is 5.11 Å². The van der Waals surface area contributed by atoms with E-state index in [2.05, 4.69) is 76.1 Å². The van der Waals surface area contributed by atoms with E-state index < -0.39 is 0 Å². The van der Waals surface area contributed by atoms with Crippen LogP contribution >= 0.6 is 23.8 Å². The molecular formula is C27H25ClN4S. The lowest BCUT2D eigenvalue weighted by molar-refractivity contribution is 0.310. The number of thiocarbonyl (C=S) groups is 1. The van der Waals surface area contributed by atoms with Crippen LogP contribution in [0, 0.1) is 13.8 Å². The summed E-state index contributed by atoms with van der Waals surface area (Å²) in [5.41, 5.74) is 6.67. The van der Waals surface area contributed by atoms with Crippen molar-refractivity contribution in [1.82, 2.24) is 19.8 Å². The quantitative estimate of drug-likeness (QED) is 0.345. The van der Waals surface area contributed by atoms with Crippen LogP contribution in [0.2, 0.25) is 5.02 Å². The fourth-order valence-corrected chi connectivity index (χ4v) is 5.31. The second-order valence-corrected chi connectivity index (χ2v) is 9.15. The third-order valence-corrected chi connectivity index (χ3v) is 6.95. The summed E-state index contributed by atoms with van der Waals surface area (Å²) in [6.07, 6.45) is 1.84. The summed E-state index contributed by atoms with van der Waals surface area (Å²) in [4.78, 5) is 6.95. The van der Waals surface area contributed by atoms with Crippen LogP contribution in [-0.4, -0.2) is 19.6 Å². The van der Waals surface area contributed by atoms with Crippen molar-refractivity contribution in [1.29, 1.82) is 0 Å². The predicted octanol–water partition coefficient (Wildman–Crippen LogP) is 6.32. The first-order valence-electron chi connectivity index (χ1n) is 11.0. The Hall–Kier alpha value is -3.15. The van der Waals surface area contributed by atoms with E-state index >= 15 is 0 Å².